The third-order valence-electron chi connectivity index (χ3n) is 5.01. The Morgan fingerprint density at radius 3 is 2.47 bits per heavy atom. The molecule has 3 aromatic carbocycles. The van der Waals surface area contributed by atoms with Crippen molar-refractivity contribution in [2.45, 2.75) is 32.8 Å². The number of hydrogen-bond donors (Lipinski definition) is 0. The second-order valence-corrected chi connectivity index (χ2v) is 8.39. The largest absolute Gasteiger partial charge is 0.489 e. The SMILES string of the molecule is CC(C)(C)c1ccc(/C=C2\Oc3cc(OCc4cccc(F)c4)ccc3C2=O)cc1. The van der Waals surface area contributed by atoms with Gasteiger partial charge < -0.3 is 9.47 Å². The number of benzene rings is 3. The summed E-state index contributed by atoms with van der Waals surface area (Å²) in [6.45, 7) is 6.71. The topological polar surface area (TPSA) is 35.5 Å². The van der Waals surface area contributed by atoms with E-state index in [0.717, 1.165) is 11.1 Å². The number of ether oxygens (including phenoxy) is 2. The Kier molecular flexibility index (Phi) is 5.17. The lowest BCUT2D eigenvalue weighted by Gasteiger charge is -2.18. The molecule has 0 saturated carbocycles. The van der Waals surface area contributed by atoms with Gasteiger partial charge in [0.2, 0.25) is 5.78 Å². The maximum Gasteiger partial charge on any atom is 0.231 e. The predicted molar refractivity (Wildman–Crippen MR) is 115 cm³/mol. The molecule has 1 aliphatic heterocycles. The van der Waals surface area contributed by atoms with Gasteiger partial charge in [0.05, 0.1) is 5.56 Å². The van der Waals surface area contributed by atoms with Crippen LogP contribution in [0.3, 0.4) is 0 Å². The van der Waals surface area contributed by atoms with Gasteiger partial charge in [0.1, 0.15) is 23.9 Å². The lowest BCUT2D eigenvalue weighted by Crippen LogP contribution is -2.10. The van der Waals surface area contributed by atoms with Crippen LogP contribution in [0.1, 0.15) is 47.8 Å². The van der Waals surface area contributed by atoms with Gasteiger partial charge in [-0.15, -0.1) is 0 Å². The molecule has 0 aliphatic carbocycles. The second-order valence-electron chi connectivity index (χ2n) is 8.39. The van der Waals surface area contributed by atoms with E-state index in [1.54, 1.807) is 36.4 Å². The highest BCUT2D eigenvalue weighted by atomic mass is 19.1. The number of Topliss-reactive ketones (excluding diaryl/α,β-unsaturated/α-hetero) is 1. The molecule has 0 radical (unpaired) electrons. The second kappa shape index (κ2) is 7.79. The Labute approximate surface area is 175 Å². The highest BCUT2D eigenvalue weighted by Crippen LogP contribution is 2.35. The number of carbonyl (C=O) groups excluding carboxylic acids is 1. The van der Waals surface area contributed by atoms with Gasteiger partial charge in [-0.05, 0) is 52.4 Å². The van der Waals surface area contributed by atoms with E-state index in [9.17, 15) is 9.18 Å². The molecular formula is C26H23FO3. The summed E-state index contributed by atoms with van der Waals surface area (Å²) in [5.41, 5.74) is 3.44. The molecule has 0 aromatic heterocycles. The van der Waals surface area contributed by atoms with E-state index in [0.29, 0.717) is 17.1 Å². The van der Waals surface area contributed by atoms with E-state index in [1.807, 2.05) is 12.1 Å². The first-order valence-corrected chi connectivity index (χ1v) is 9.86. The third-order valence-corrected chi connectivity index (χ3v) is 5.01. The molecule has 0 fully saturated rings. The van der Waals surface area contributed by atoms with Gasteiger partial charge in [-0.1, -0.05) is 57.2 Å². The van der Waals surface area contributed by atoms with Gasteiger partial charge in [0.25, 0.3) is 0 Å². The Morgan fingerprint density at radius 2 is 1.77 bits per heavy atom. The molecule has 1 aliphatic rings. The number of fused-ring (bicyclic) bond motifs is 1. The van der Waals surface area contributed by atoms with Crippen molar-refractivity contribution < 1.29 is 18.7 Å². The zero-order chi connectivity index (χ0) is 21.3. The van der Waals surface area contributed by atoms with Crippen LogP contribution in [-0.4, -0.2) is 5.78 Å². The van der Waals surface area contributed by atoms with Crippen LogP contribution in [-0.2, 0) is 12.0 Å². The minimum atomic E-state index is -0.302. The first kappa shape index (κ1) is 19.9. The lowest BCUT2D eigenvalue weighted by atomic mass is 9.86. The Hall–Kier alpha value is -3.40. The Bertz CT molecular complexity index is 1120. The van der Waals surface area contributed by atoms with Gasteiger partial charge >= 0.3 is 0 Å². The summed E-state index contributed by atoms with van der Waals surface area (Å²) in [4.78, 5) is 12.7. The minimum absolute atomic E-state index is 0.0729. The number of rotatable bonds is 4. The van der Waals surface area contributed by atoms with E-state index in [4.69, 9.17) is 9.47 Å². The van der Waals surface area contributed by atoms with Crippen LogP contribution in [0.15, 0.2) is 72.5 Å². The zero-order valence-corrected chi connectivity index (χ0v) is 17.2. The molecular weight excluding hydrogens is 379 g/mol. The molecule has 152 valence electrons. The van der Waals surface area contributed by atoms with Crippen molar-refractivity contribution in [2.24, 2.45) is 0 Å². The molecule has 1 heterocycles. The van der Waals surface area contributed by atoms with Gasteiger partial charge in [0, 0.05) is 6.07 Å². The maximum atomic E-state index is 13.3. The van der Waals surface area contributed by atoms with Crippen molar-refractivity contribution in [1.29, 1.82) is 0 Å². The molecule has 0 amide bonds. The zero-order valence-electron chi connectivity index (χ0n) is 17.2. The van der Waals surface area contributed by atoms with Crippen molar-refractivity contribution in [3.05, 3.63) is 101 Å². The number of hydrogen-bond acceptors (Lipinski definition) is 3. The standard InChI is InChI=1S/C26H23FO3/c1-26(2,3)19-9-7-17(8-10-19)14-24-25(28)22-12-11-21(15-23(22)30-24)29-16-18-5-4-6-20(27)13-18/h4-15H,16H2,1-3H3/b24-14-. The van der Waals surface area contributed by atoms with Crippen molar-refractivity contribution in [3.8, 4) is 11.5 Å². The average Bonchev–Trinajstić information content (AvgIpc) is 3.01. The fourth-order valence-corrected chi connectivity index (χ4v) is 3.28. The molecule has 3 nitrogen and oxygen atoms in total. The van der Waals surface area contributed by atoms with Gasteiger partial charge in [-0.3, -0.25) is 4.79 Å². The van der Waals surface area contributed by atoms with Crippen LogP contribution in [0.4, 0.5) is 4.39 Å². The van der Waals surface area contributed by atoms with Crippen molar-refractivity contribution >= 4 is 11.9 Å². The lowest BCUT2D eigenvalue weighted by molar-refractivity contribution is 0.101. The summed E-state index contributed by atoms with van der Waals surface area (Å²) in [5.74, 6) is 0.859. The van der Waals surface area contributed by atoms with Gasteiger partial charge in [0.15, 0.2) is 5.76 Å². The van der Waals surface area contributed by atoms with Crippen LogP contribution >= 0.6 is 0 Å². The molecule has 0 atom stereocenters. The summed E-state index contributed by atoms with van der Waals surface area (Å²) in [6, 6.07) is 19.5. The molecule has 0 unspecified atom stereocenters. The van der Waals surface area contributed by atoms with E-state index in [1.165, 1.54) is 17.7 Å². The highest BCUT2D eigenvalue weighted by Gasteiger charge is 2.27. The fourth-order valence-electron chi connectivity index (χ4n) is 3.28. The fraction of sp³-hybridized carbons (Fsp3) is 0.192. The first-order chi connectivity index (χ1) is 14.3. The van der Waals surface area contributed by atoms with Crippen LogP contribution in [0.25, 0.3) is 6.08 Å². The van der Waals surface area contributed by atoms with E-state index in [2.05, 4.69) is 32.9 Å². The van der Waals surface area contributed by atoms with Crippen LogP contribution in [0, 0.1) is 5.82 Å². The van der Waals surface area contributed by atoms with E-state index >= 15 is 0 Å². The average molecular weight is 402 g/mol. The minimum Gasteiger partial charge on any atom is -0.489 e. The van der Waals surface area contributed by atoms with Crippen LogP contribution in [0.2, 0.25) is 0 Å². The monoisotopic (exact) mass is 402 g/mol. The van der Waals surface area contributed by atoms with Crippen molar-refractivity contribution in [1.82, 2.24) is 0 Å². The highest BCUT2D eigenvalue weighted by molar-refractivity contribution is 6.14. The van der Waals surface area contributed by atoms with Crippen molar-refractivity contribution in [2.75, 3.05) is 0 Å². The molecule has 0 spiro atoms. The number of ketones is 1. The van der Waals surface area contributed by atoms with Gasteiger partial charge in [-0.25, -0.2) is 4.39 Å². The summed E-state index contributed by atoms with van der Waals surface area (Å²) in [7, 11) is 0. The molecule has 3 aromatic rings. The van der Waals surface area contributed by atoms with Crippen LogP contribution in [0.5, 0.6) is 11.5 Å². The maximum absolute atomic E-state index is 13.3. The quantitative estimate of drug-likeness (QED) is 0.479. The van der Waals surface area contributed by atoms with E-state index in [-0.39, 0.29) is 29.4 Å². The molecule has 30 heavy (non-hydrogen) atoms. The predicted octanol–water partition coefficient (Wildman–Crippen LogP) is 6.32. The summed E-state index contributed by atoms with van der Waals surface area (Å²) >= 11 is 0. The van der Waals surface area contributed by atoms with Crippen molar-refractivity contribution in [3.63, 3.8) is 0 Å². The first-order valence-electron chi connectivity index (χ1n) is 9.86. The molecule has 4 rings (SSSR count). The molecule has 0 bridgehead atoms. The smallest absolute Gasteiger partial charge is 0.231 e. The Morgan fingerprint density at radius 1 is 1.00 bits per heavy atom. The van der Waals surface area contributed by atoms with Gasteiger partial charge in [-0.2, -0.15) is 0 Å². The number of halogens is 1. The number of allylic oxidation sites excluding steroid dienone is 1. The van der Waals surface area contributed by atoms with E-state index < -0.39 is 0 Å². The summed E-state index contributed by atoms with van der Waals surface area (Å²) < 4.78 is 24.8. The van der Waals surface area contributed by atoms with Crippen LogP contribution < -0.4 is 9.47 Å². The molecule has 4 heteroatoms. The third kappa shape index (κ3) is 4.28. The summed E-state index contributed by atoms with van der Waals surface area (Å²) in [5, 5.41) is 0. The molecule has 0 N–H and O–H groups in total. The normalized spacial score (nSPS) is 14.5. The Balaban J connectivity index is 1.49. The summed E-state index contributed by atoms with van der Waals surface area (Å²) in [6.07, 6.45) is 1.75. The molecule has 0 saturated heterocycles. The number of carbonyl (C=O) groups is 1.